The zero-order valence-corrected chi connectivity index (χ0v) is 49.8. The van der Waals surface area contributed by atoms with E-state index in [0.29, 0.717) is 43.5 Å². The monoisotopic (exact) mass is 983 g/mol. The summed E-state index contributed by atoms with van der Waals surface area (Å²) in [6, 6.07) is 6.10. The third kappa shape index (κ3) is 41.9. The summed E-state index contributed by atoms with van der Waals surface area (Å²) in [5.41, 5.74) is 0. The SMILES string of the molecule is CC(C)N1CCCC1.CC(C)N1CCCCC1.CC(C)N1CCOCC1.CC(C)OCC1CC1.CC(C)n1cccn1.CCN(CC)C(C)C.CCN1CCN(C(C)C)CC1.COCCOC(C)C. The highest BCUT2D eigenvalue weighted by molar-refractivity contribution is 4.79. The fourth-order valence-electron chi connectivity index (χ4n) is 7.90. The Morgan fingerprint density at radius 1 is 0.536 bits per heavy atom. The van der Waals surface area contributed by atoms with Gasteiger partial charge in [-0.1, -0.05) is 27.2 Å². The number of morpholine rings is 1. The summed E-state index contributed by atoms with van der Waals surface area (Å²) in [5.74, 6) is 0.914. The summed E-state index contributed by atoms with van der Waals surface area (Å²) in [7, 11) is 1.67. The lowest BCUT2D eigenvalue weighted by Crippen LogP contribution is -2.48. The molecule has 69 heavy (non-hydrogen) atoms. The lowest BCUT2D eigenvalue weighted by molar-refractivity contribution is 0.0238. The molecule has 5 fully saturated rings. The van der Waals surface area contributed by atoms with Crippen molar-refractivity contribution in [2.45, 2.75) is 225 Å². The molecular formula is C57H122N8O4. The van der Waals surface area contributed by atoms with Gasteiger partial charge in [-0.25, -0.2) is 0 Å². The fourth-order valence-corrected chi connectivity index (χ4v) is 7.90. The second-order valence-corrected chi connectivity index (χ2v) is 21.5. The van der Waals surface area contributed by atoms with E-state index in [9.17, 15) is 0 Å². The summed E-state index contributed by atoms with van der Waals surface area (Å²) in [5, 5.41) is 4.03. The average molecular weight is 984 g/mol. The van der Waals surface area contributed by atoms with Gasteiger partial charge in [-0.3, -0.25) is 14.5 Å². The van der Waals surface area contributed by atoms with E-state index in [1.807, 2.05) is 30.8 Å². The van der Waals surface area contributed by atoms with Crippen molar-refractivity contribution >= 4 is 0 Å². The highest BCUT2D eigenvalue weighted by Gasteiger charge is 2.21. The number of likely N-dealkylation sites (tertiary alicyclic amines) is 2. The normalized spacial score (nSPS) is 18.3. The predicted molar refractivity (Wildman–Crippen MR) is 300 cm³/mol. The van der Waals surface area contributed by atoms with Crippen molar-refractivity contribution in [1.82, 2.24) is 39.2 Å². The molecule has 0 amide bonds. The molecule has 12 nitrogen and oxygen atoms in total. The highest BCUT2D eigenvalue weighted by Crippen LogP contribution is 2.29. The Kier molecular flexibility index (Phi) is 46.0. The lowest BCUT2D eigenvalue weighted by atomic mass is 10.1. The number of aromatic nitrogens is 2. The second-order valence-electron chi connectivity index (χ2n) is 21.5. The van der Waals surface area contributed by atoms with Crippen molar-refractivity contribution in [1.29, 1.82) is 0 Å². The zero-order valence-electron chi connectivity index (χ0n) is 49.8. The first-order valence-corrected chi connectivity index (χ1v) is 28.4. The molecule has 0 atom stereocenters. The number of rotatable bonds is 16. The molecule has 0 aromatic carbocycles. The second kappa shape index (κ2) is 45.4. The maximum atomic E-state index is 5.37. The Morgan fingerprint density at radius 2 is 0.971 bits per heavy atom. The first kappa shape index (κ1) is 69.9. The molecule has 4 saturated heterocycles. The van der Waals surface area contributed by atoms with E-state index in [2.05, 4.69) is 152 Å². The summed E-state index contributed by atoms with van der Waals surface area (Å²) in [6.45, 7) is 62.0. The zero-order chi connectivity index (χ0) is 52.6. The molecule has 0 spiro atoms. The maximum Gasteiger partial charge on any atom is 0.0703 e. The molecule has 12 heteroatoms. The highest BCUT2D eigenvalue weighted by atomic mass is 16.5. The minimum absolute atomic E-state index is 0.324. The van der Waals surface area contributed by atoms with Gasteiger partial charge in [0, 0.05) is 102 Å². The standard InChI is InChI=1S/C9H20N2.C8H17N.C7H15NO.C7H15N.C7H17N.C7H14O.C6H10N2.C6H14O2/c1-4-10-5-7-11(8-6-10)9(2)3;1-8(2)9-6-4-3-5-7-9;1-7(2)8-3-5-9-6-4-8;1-7(2)8-5-3-4-6-8;1-5-8(6-2)7(3)4;1-6(2)8-5-7-3-4-7;1-6(2)8-5-3-4-7-8;1-6(2)8-5-4-7-3/h9H,4-8H2,1-3H3;8H,3-7H2,1-2H3;7H,3-6H2,1-2H3;7H,3-6H2,1-2H3;7H,5-6H2,1-4H3;6-7H,3-5H2,1-2H3;3-6H,1-2H3;6H,4-5H2,1-3H3. The maximum absolute atomic E-state index is 5.37. The molecule has 1 aliphatic carbocycles. The Labute approximate surface area is 431 Å². The number of hydrogen-bond donors (Lipinski definition) is 0. The molecule has 6 rings (SSSR count). The summed E-state index contributed by atoms with van der Waals surface area (Å²) >= 11 is 0. The molecule has 0 bridgehead atoms. The molecule has 414 valence electrons. The minimum Gasteiger partial charge on any atom is -0.382 e. The van der Waals surface area contributed by atoms with Crippen LogP contribution in [0, 0.1) is 5.92 Å². The van der Waals surface area contributed by atoms with Crippen LogP contribution in [-0.4, -0.2) is 207 Å². The number of piperazine rings is 1. The number of nitrogens with zero attached hydrogens (tertiary/aromatic N) is 8. The summed E-state index contributed by atoms with van der Waals surface area (Å²) < 4.78 is 22.4. The van der Waals surface area contributed by atoms with Gasteiger partial charge in [-0.05, 0) is 207 Å². The Morgan fingerprint density at radius 3 is 1.25 bits per heavy atom. The van der Waals surface area contributed by atoms with Gasteiger partial charge in [-0.2, -0.15) is 5.10 Å². The van der Waals surface area contributed by atoms with Crippen molar-refractivity contribution in [2.24, 2.45) is 5.92 Å². The molecular weight excluding hydrogens is 861 g/mol. The molecule has 0 radical (unpaired) electrons. The number of piperidine rings is 1. The molecule has 1 saturated carbocycles. The van der Waals surface area contributed by atoms with Gasteiger partial charge < -0.3 is 38.5 Å². The largest absolute Gasteiger partial charge is 0.382 e. The molecule has 5 heterocycles. The van der Waals surface area contributed by atoms with Crippen LogP contribution in [0.2, 0.25) is 0 Å². The van der Waals surface area contributed by atoms with Crippen LogP contribution < -0.4 is 0 Å². The van der Waals surface area contributed by atoms with Crippen LogP contribution in [0.4, 0.5) is 0 Å². The van der Waals surface area contributed by atoms with Crippen molar-refractivity contribution in [3.63, 3.8) is 0 Å². The average Bonchev–Trinajstić information content (AvgIpc) is 3.69. The van der Waals surface area contributed by atoms with Crippen LogP contribution in [0.15, 0.2) is 18.5 Å². The van der Waals surface area contributed by atoms with Crippen LogP contribution in [0.1, 0.15) is 183 Å². The van der Waals surface area contributed by atoms with Gasteiger partial charge in [0.05, 0.1) is 38.6 Å². The summed E-state index contributed by atoms with van der Waals surface area (Å²) in [4.78, 5) is 15.0. The van der Waals surface area contributed by atoms with Crippen LogP contribution in [0.25, 0.3) is 0 Å². The van der Waals surface area contributed by atoms with Gasteiger partial charge in [0.15, 0.2) is 0 Å². The van der Waals surface area contributed by atoms with E-state index in [0.717, 1.165) is 57.0 Å². The van der Waals surface area contributed by atoms with Crippen molar-refractivity contribution in [3.05, 3.63) is 18.5 Å². The molecule has 0 unspecified atom stereocenters. The van der Waals surface area contributed by atoms with Crippen LogP contribution in [-0.2, 0) is 18.9 Å². The van der Waals surface area contributed by atoms with E-state index in [1.54, 1.807) is 13.3 Å². The predicted octanol–water partition coefficient (Wildman–Crippen LogP) is 11.2. The van der Waals surface area contributed by atoms with Crippen LogP contribution in [0.3, 0.4) is 0 Å². The topological polar surface area (TPSA) is 74.2 Å². The Hall–Kier alpha value is -1.19. The third-order valence-corrected chi connectivity index (χ3v) is 13.0. The molecule has 4 aliphatic heterocycles. The molecule has 0 N–H and O–H groups in total. The lowest BCUT2D eigenvalue weighted by Gasteiger charge is -2.36. The van der Waals surface area contributed by atoms with Gasteiger partial charge in [0.2, 0.25) is 0 Å². The fraction of sp³-hybridized carbons (Fsp3) is 0.947. The minimum atomic E-state index is 0.324. The van der Waals surface area contributed by atoms with Crippen molar-refractivity contribution in [3.8, 4) is 0 Å². The van der Waals surface area contributed by atoms with E-state index >= 15 is 0 Å². The van der Waals surface area contributed by atoms with Gasteiger partial charge in [0.1, 0.15) is 0 Å². The molecule has 1 aromatic heterocycles. The Balaban J connectivity index is 0. The van der Waals surface area contributed by atoms with Gasteiger partial charge in [0.25, 0.3) is 0 Å². The van der Waals surface area contributed by atoms with Crippen molar-refractivity contribution < 1.29 is 18.9 Å². The smallest absolute Gasteiger partial charge is 0.0703 e. The third-order valence-electron chi connectivity index (χ3n) is 13.0. The Bertz CT molecular complexity index is 1120. The first-order valence-electron chi connectivity index (χ1n) is 28.4. The van der Waals surface area contributed by atoms with Crippen molar-refractivity contribution in [2.75, 3.05) is 125 Å². The first-order chi connectivity index (χ1) is 32.7. The number of likely N-dealkylation sites (N-methyl/N-ethyl adjacent to an activating group) is 1. The number of hydrogen-bond acceptors (Lipinski definition) is 11. The van der Waals surface area contributed by atoms with E-state index < -0.39 is 0 Å². The molecule has 5 aliphatic rings. The van der Waals surface area contributed by atoms with Crippen LogP contribution in [0.5, 0.6) is 0 Å². The van der Waals surface area contributed by atoms with E-state index in [1.165, 1.54) is 117 Å². The quantitative estimate of drug-likeness (QED) is 0.149. The number of ether oxygens (including phenoxy) is 4. The number of methoxy groups -OCH3 is 1. The van der Waals surface area contributed by atoms with Gasteiger partial charge in [-0.15, -0.1) is 0 Å². The molecule has 1 aromatic rings. The summed E-state index contributed by atoms with van der Waals surface area (Å²) in [6.07, 6.45) is 14.4. The van der Waals surface area contributed by atoms with Gasteiger partial charge >= 0.3 is 0 Å². The van der Waals surface area contributed by atoms with Crippen LogP contribution >= 0.6 is 0 Å². The van der Waals surface area contributed by atoms with E-state index in [-0.39, 0.29) is 0 Å². The van der Waals surface area contributed by atoms with E-state index in [4.69, 9.17) is 18.9 Å².